The average Bonchev–Trinajstić information content (AvgIpc) is 2.61. The van der Waals surface area contributed by atoms with E-state index < -0.39 is 0 Å². The zero-order valence-electron chi connectivity index (χ0n) is 10.9. The summed E-state index contributed by atoms with van der Waals surface area (Å²) in [4.78, 5) is 14.4. The van der Waals surface area contributed by atoms with Crippen molar-refractivity contribution in [3.63, 3.8) is 0 Å². The molecule has 0 aromatic carbocycles. The van der Waals surface area contributed by atoms with Gasteiger partial charge in [-0.05, 0) is 45.9 Å². The van der Waals surface area contributed by atoms with Crippen molar-refractivity contribution in [1.29, 1.82) is 0 Å². The molecular formula is C13H20N2O2. The minimum Gasteiger partial charge on any atom is -0.467 e. The second kappa shape index (κ2) is 4.18. The van der Waals surface area contributed by atoms with Crippen molar-refractivity contribution in [1.82, 2.24) is 10.2 Å². The molecule has 1 aromatic rings. The Morgan fingerprint density at radius 1 is 1.47 bits per heavy atom. The first-order valence-electron chi connectivity index (χ1n) is 6.00. The van der Waals surface area contributed by atoms with E-state index in [9.17, 15) is 4.79 Å². The molecule has 0 saturated carbocycles. The topological polar surface area (TPSA) is 45.5 Å². The van der Waals surface area contributed by atoms with E-state index in [1.54, 1.807) is 13.3 Å². The Morgan fingerprint density at radius 2 is 2.18 bits per heavy atom. The lowest BCUT2D eigenvalue weighted by atomic mass is 10.0. The van der Waals surface area contributed by atoms with Gasteiger partial charge in [-0.1, -0.05) is 0 Å². The number of hydrogen-bond acceptors (Lipinski definition) is 3. The monoisotopic (exact) mass is 236 g/mol. The van der Waals surface area contributed by atoms with Gasteiger partial charge in [-0.3, -0.25) is 4.79 Å². The minimum absolute atomic E-state index is 0.0914. The van der Waals surface area contributed by atoms with Gasteiger partial charge in [-0.15, -0.1) is 0 Å². The molecule has 94 valence electrons. The molecule has 0 bridgehead atoms. The van der Waals surface area contributed by atoms with Crippen LogP contribution in [0.3, 0.4) is 0 Å². The largest absolute Gasteiger partial charge is 0.467 e. The number of rotatable bonds is 1. The van der Waals surface area contributed by atoms with Crippen molar-refractivity contribution >= 4 is 5.91 Å². The summed E-state index contributed by atoms with van der Waals surface area (Å²) < 4.78 is 5.46. The van der Waals surface area contributed by atoms with Crippen LogP contribution in [0.2, 0.25) is 0 Å². The van der Waals surface area contributed by atoms with E-state index in [0.717, 1.165) is 24.3 Å². The van der Waals surface area contributed by atoms with Crippen LogP contribution in [0.15, 0.2) is 16.7 Å². The van der Waals surface area contributed by atoms with E-state index in [1.165, 1.54) is 0 Å². The standard InChI is InChI=1S/C13H20N2O2/c1-13(2,3)15-7-5-9-6-8-17-11(9)10(14-4)12(15)16/h6,8,10,14H,5,7H2,1-4H3. The third kappa shape index (κ3) is 2.09. The third-order valence-electron chi connectivity index (χ3n) is 3.26. The summed E-state index contributed by atoms with van der Waals surface area (Å²) in [5, 5.41) is 3.05. The van der Waals surface area contributed by atoms with Crippen LogP contribution in [0.4, 0.5) is 0 Å². The van der Waals surface area contributed by atoms with E-state index in [0.29, 0.717) is 0 Å². The summed E-state index contributed by atoms with van der Waals surface area (Å²) in [7, 11) is 1.79. The SMILES string of the molecule is CNC1C(=O)N(C(C)(C)C)CCc2ccoc21. The highest BCUT2D eigenvalue weighted by molar-refractivity contribution is 5.84. The molecule has 0 spiro atoms. The molecule has 1 N–H and O–H groups in total. The Kier molecular flexibility index (Phi) is 3.00. The number of amides is 1. The minimum atomic E-state index is -0.360. The van der Waals surface area contributed by atoms with Crippen LogP contribution in [0.25, 0.3) is 0 Å². The fourth-order valence-electron chi connectivity index (χ4n) is 2.34. The molecule has 17 heavy (non-hydrogen) atoms. The molecule has 1 unspecified atom stereocenters. The number of nitrogens with zero attached hydrogens (tertiary/aromatic N) is 1. The van der Waals surface area contributed by atoms with Gasteiger partial charge in [-0.25, -0.2) is 0 Å². The molecule has 1 amide bonds. The van der Waals surface area contributed by atoms with Gasteiger partial charge in [0.05, 0.1) is 6.26 Å². The fraction of sp³-hybridized carbons (Fsp3) is 0.615. The van der Waals surface area contributed by atoms with E-state index in [1.807, 2.05) is 11.0 Å². The zero-order chi connectivity index (χ0) is 12.6. The maximum Gasteiger partial charge on any atom is 0.248 e. The van der Waals surface area contributed by atoms with Crippen molar-refractivity contribution in [3.8, 4) is 0 Å². The third-order valence-corrected chi connectivity index (χ3v) is 3.26. The maximum absolute atomic E-state index is 12.5. The first kappa shape index (κ1) is 12.2. The van der Waals surface area contributed by atoms with Crippen molar-refractivity contribution in [2.45, 2.75) is 38.8 Å². The molecule has 4 heteroatoms. The smallest absolute Gasteiger partial charge is 0.248 e. The van der Waals surface area contributed by atoms with Crippen molar-refractivity contribution in [2.24, 2.45) is 0 Å². The van der Waals surface area contributed by atoms with Crippen LogP contribution in [0.1, 0.15) is 38.1 Å². The summed E-state index contributed by atoms with van der Waals surface area (Å²) in [6.45, 7) is 6.92. The Labute approximate surface area is 102 Å². The summed E-state index contributed by atoms with van der Waals surface area (Å²) in [6.07, 6.45) is 2.52. The average molecular weight is 236 g/mol. The van der Waals surface area contributed by atoms with E-state index in [-0.39, 0.29) is 17.5 Å². The predicted molar refractivity (Wildman–Crippen MR) is 65.7 cm³/mol. The lowest BCUT2D eigenvalue weighted by Crippen LogP contribution is -2.49. The number of furan rings is 1. The molecule has 0 saturated heterocycles. The van der Waals surface area contributed by atoms with Gasteiger partial charge < -0.3 is 14.6 Å². The second-order valence-corrected chi connectivity index (χ2v) is 5.44. The number of fused-ring (bicyclic) bond motifs is 1. The molecule has 2 heterocycles. The first-order valence-corrected chi connectivity index (χ1v) is 6.00. The molecule has 0 radical (unpaired) electrons. The van der Waals surface area contributed by atoms with Gasteiger partial charge in [0.2, 0.25) is 5.91 Å². The first-order chi connectivity index (χ1) is 7.95. The van der Waals surface area contributed by atoms with Crippen LogP contribution in [0, 0.1) is 0 Å². The Bertz CT molecular complexity index is 417. The Morgan fingerprint density at radius 3 is 2.76 bits per heavy atom. The normalized spacial score (nSPS) is 21.3. The van der Waals surface area contributed by atoms with Gasteiger partial charge in [0.15, 0.2) is 0 Å². The molecule has 2 rings (SSSR count). The molecule has 0 aliphatic carbocycles. The Balaban J connectivity index is 2.38. The highest BCUT2D eigenvalue weighted by Gasteiger charge is 2.36. The van der Waals surface area contributed by atoms with Crippen LogP contribution in [0.5, 0.6) is 0 Å². The molecule has 0 fully saturated rings. The molecule has 1 aliphatic rings. The van der Waals surface area contributed by atoms with Gasteiger partial charge >= 0.3 is 0 Å². The van der Waals surface area contributed by atoms with Crippen molar-refractivity contribution in [2.75, 3.05) is 13.6 Å². The number of likely N-dealkylation sites (N-methyl/N-ethyl adjacent to an activating group) is 1. The summed E-state index contributed by atoms with van der Waals surface area (Å²) >= 11 is 0. The number of hydrogen-bond donors (Lipinski definition) is 1. The van der Waals surface area contributed by atoms with E-state index >= 15 is 0 Å². The van der Waals surface area contributed by atoms with Gasteiger partial charge in [0.25, 0.3) is 0 Å². The summed E-state index contributed by atoms with van der Waals surface area (Å²) in [5.41, 5.74) is 0.972. The van der Waals surface area contributed by atoms with Crippen LogP contribution in [-0.4, -0.2) is 29.9 Å². The maximum atomic E-state index is 12.5. The van der Waals surface area contributed by atoms with Crippen molar-refractivity contribution in [3.05, 3.63) is 23.7 Å². The molecule has 1 aliphatic heterocycles. The van der Waals surface area contributed by atoms with E-state index in [2.05, 4.69) is 26.1 Å². The lowest BCUT2D eigenvalue weighted by molar-refractivity contribution is -0.138. The predicted octanol–water partition coefficient (Wildman–Crippen LogP) is 1.72. The van der Waals surface area contributed by atoms with E-state index in [4.69, 9.17) is 4.42 Å². The fourth-order valence-corrected chi connectivity index (χ4v) is 2.34. The van der Waals surface area contributed by atoms with Gasteiger partial charge in [-0.2, -0.15) is 0 Å². The number of carbonyl (C=O) groups excluding carboxylic acids is 1. The number of carbonyl (C=O) groups is 1. The van der Waals surface area contributed by atoms with Crippen LogP contribution >= 0.6 is 0 Å². The lowest BCUT2D eigenvalue weighted by Gasteiger charge is -2.36. The zero-order valence-corrected chi connectivity index (χ0v) is 10.9. The molecule has 1 atom stereocenters. The second-order valence-electron chi connectivity index (χ2n) is 5.44. The molecular weight excluding hydrogens is 216 g/mol. The van der Waals surface area contributed by atoms with Crippen LogP contribution in [-0.2, 0) is 11.2 Å². The van der Waals surface area contributed by atoms with Gasteiger partial charge in [0, 0.05) is 12.1 Å². The highest BCUT2D eigenvalue weighted by atomic mass is 16.3. The molecule has 1 aromatic heterocycles. The van der Waals surface area contributed by atoms with Gasteiger partial charge in [0.1, 0.15) is 11.8 Å². The molecule has 4 nitrogen and oxygen atoms in total. The summed E-state index contributed by atoms with van der Waals surface area (Å²) in [6, 6.07) is 1.60. The number of nitrogens with one attached hydrogen (secondary N) is 1. The van der Waals surface area contributed by atoms with Crippen LogP contribution < -0.4 is 5.32 Å². The quantitative estimate of drug-likeness (QED) is 0.807. The van der Waals surface area contributed by atoms with Crippen molar-refractivity contribution < 1.29 is 9.21 Å². The Hall–Kier alpha value is -1.29. The summed E-state index contributed by atoms with van der Waals surface area (Å²) in [5.74, 6) is 0.859. The highest BCUT2D eigenvalue weighted by Crippen LogP contribution is 2.29.